The van der Waals surface area contributed by atoms with Gasteiger partial charge in [0.05, 0.1) is 12.1 Å². The summed E-state index contributed by atoms with van der Waals surface area (Å²) in [6.07, 6.45) is 1.56. The van der Waals surface area contributed by atoms with Crippen LogP contribution in [0.3, 0.4) is 0 Å². The summed E-state index contributed by atoms with van der Waals surface area (Å²) < 4.78 is 0. The molecule has 4 nitrogen and oxygen atoms in total. The third-order valence-corrected chi connectivity index (χ3v) is 3.13. The van der Waals surface area contributed by atoms with Gasteiger partial charge in [-0.05, 0) is 32.7 Å². The Hall–Kier alpha value is -0.900. The van der Waals surface area contributed by atoms with Crippen LogP contribution < -0.4 is 5.32 Å². The van der Waals surface area contributed by atoms with Gasteiger partial charge in [0.25, 0.3) is 0 Å². The highest BCUT2D eigenvalue weighted by Gasteiger charge is 2.36. The molecule has 0 aromatic heterocycles. The van der Waals surface area contributed by atoms with E-state index in [2.05, 4.69) is 19.2 Å². The quantitative estimate of drug-likeness (QED) is 0.754. The Morgan fingerprint density at radius 2 is 2.19 bits per heavy atom. The summed E-state index contributed by atoms with van der Waals surface area (Å²) in [7, 11) is 1.79. The van der Waals surface area contributed by atoms with E-state index >= 15 is 0 Å². The van der Waals surface area contributed by atoms with Crippen LogP contribution in [-0.4, -0.2) is 42.3 Å². The van der Waals surface area contributed by atoms with Crippen molar-refractivity contribution in [3.05, 3.63) is 0 Å². The van der Waals surface area contributed by atoms with Crippen molar-refractivity contribution in [1.82, 2.24) is 10.2 Å². The smallest absolute Gasteiger partial charge is 0.240 e. The highest BCUT2D eigenvalue weighted by Crippen LogP contribution is 2.20. The lowest BCUT2D eigenvalue weighted by Crippen LogP contribution is -2.45. The zero-order valence-electron chi connectivity index (χ0n) is 10.6. The first-order valence-electron chi connectivity index (χ1n) is 5.95. The first-order valence-corrected chi connectivity index (χ1v) is 5.95. The molecule has 1 aliphatic heterocycles. The van der Waals surface area contributed by atoms with Crippen LogP contribution in [0.15, 0.2) is 0 Å². The van der Waals surface area contributed by atoms with E-state index in [0.717, 1.165) is 12.8 Å². The van der Waals surface area contributed by atoms with E-state index < -0.39 is 0 Å². The summed E-state index contributed by atoms with van der Waals surface area (Å²) in [6.45, 7) is 6.42. The van der Waals surface area contributed by atoms with E-state index in [0.29, 0.717) is 12.5 Å². The maximum atomic E-state index is 12.0. The normalized spacial score (nSPS) is 22.9. The van der Waals surface area contributed by atoms with Crippen molar-refractivity contribution in [2.45, 2.75) is 45.7 Å². The molecule has 2 atom stereocenters. The van der Waals surface area contributed by atoms with Crippen molar-refractivity contribution < 1.29 is 9.59 Å². The molecule has 1 fully saturated rings. The predicted octanol–water partition coefficient (Wildman–Crippen LogP) is 0.810. The van der Waals surface area contributed by atoms with Crippen molar-refractivity contribution in [2.24, 2.45) is 5.92 Å². The Labute approximate surface area is 97.4 Å². The zero-order chi connectivity index (χ0) is 12.3. The molecule has 0 aromatic rings. The van der Waals surface area contributed by atoms with Crippen molar-refractivity contribution in [3.63, 3.8) is 0 Å². The fraction of sp³-hybridized carbons (Fsp3) is 0.833. The summed E-state index contributed by atoms with van der Waals surface area (Å²) >= 11 is 0. The number of ketones is 1. The number of nitrogens with zero attached hydrogens (tertiary/aromatic N) is 1. The predicted molar refractivity (Wildman–Crippen MR) is 63.1 cm³/mol. The molecule has 0 saturated carbocycles. The number of rotatable bonds is 5. The van der Waals surface area contributed by atoms with Gasteiger partial charge >= 0.3 is 0 Å². The van der Waals surface area contributed by atoms with Crippen LogP contribution in [0, 0.1) is 5.92 Å². The second-order valence-electron chi connectivity index (χ2n) is 4.92. The monoisotopic (exact) mass is 226 g/mol. The lowest BCUT2D eigenvalue weighted by atomic mass is 10.00. The molecule has 1 saturated heterocycles. The van der Waals surface area contributed by atoms with Gasteiger partial charge in [0, 0.05) is 6.54 Å². The Morgan fingerprint density at radius 3 is 2.56 bits per heavy atom. The minimum Gasteiger partial charge on any atom is -0.331 e. The van der Waals surface area contributed by atoms with Gasteiger partial charge in [0.2, 0.25) is 5.91 Å². The molecule has 0 aliphatic carbocycles. The zero-order valence-corrected chi connectivity index (χ0v) is 10.6. The van der Waals surface area contributed by atoms with Gasteiger partial charge in [-0.3, -0.25) is 9.59 Å². The van der Waals surface area contributed by atoms with Gasteiger partial charge < -0.3 is 10.2 Å². The van der Waals surface area contributed by atoms with Crippen LogP contribution in [0.25, 0.3) is 0 Å². The number of amides is 1. The minimum atomic E-state index is -0.231. The summed E-state index contributed by atoms with van der Waals surface area (Å²) in [5, 5.41) is 2.99. The number of likely N-dealkylation sites (N-methyl/N-ethyl adjacent to an activating group) is 1. The second-order valence-corrected chi connectivity index (χ2v) is 4.92. The van der Waals surface area contributed by atoms with E-state index in [9.17, 15) is 9.59 Å². The Morgan fingerprint density at radius 1 is 1.56 bits per heavy atom. The van der Waals surface area contributed by atoms with Gasteiger partial charge in [-0.15, -0.1) is 0 Å². The number of hydrogen-bond acceptors (Lipinski definition) is 3. The molecule has 0 spiro atoms. The third-order valence-electron chi connectivity index (χ3n) is 3.13. The van der Waals surface area contributed by atoms with Crippen LogP contribution in [0.2, 0.25) is 0 Å². The molecule has 1 rings (SSSR count). The van der Waals surface area contributed by atoms with Crippen LogP contribution in [0.5, 0.6) is 0 Å². The van der Waals surface area contributed by atoms with Crippen LogP contribution in [0.4, 0.5) is 0 Å². The maximum Gasteiger partial charge on any atom is 0.240 e. The highest BCUT2D eigenvalue weighted by atomic mass is 16.2. The Kier molecular flexibility index (Phi) is 4.47. The molecular formula is C12H22N2O2. The molecule has 0 unspecified atom stereocenters. The lowest BCUT2D eigenvalue weighted by Gasteiger charge is -2.27. The molecule has 1 heterocycles. The molecule has 92 valence electrons. The van der Waals surface area contributed by atoms with Crippen molar-refractivity contribution in [1.29, 1.82) is 0 Å². The fourth-order valence-corrected chi connectivity index (χ4v) is 2.24. The standard InChI is InChI=1S/C12H22N2O2/c1-8(2)7-11(9(3)15)14-6-5-10(13-4)12(14)16/h8,10-11,13H,5-7H2,1-4H3/t10-,11+/m1/s1. The van der Waals surface area contributed by atoms with E-state index in [4.69, 9.17) is 0 Å². The molecule has 1 N–H and O–H groups in total. The van der Waals surface area contributed by atoms with Crippen LogP contribution >= 0.6 is 0 Å². The minimum absolute atomic E-state index is 0.0725. The molecule has 0 radical (unpaired) electrons. The second kappa shape index (κ2) is 5.43. The van der Waals surface area contributed by atoms with Gasteiger partial charge in [0.15, 0.2) is 5.78 Å². The van der Waals surface area contributed by atoms with Gasteiger partial charge in [-0.1, -0.05) is 13.8 Å². The van der Waals surface area contributed by atoms with E-state index in [1.807, 2.05) is 0 Å². The van der Waals surface area contributed by atoms with Crippen molar-refractivity contribution in [2.75, 3.05) is 13.6 Å². The largest absolute Gasteiger partial charge is 0.331 e. The highest BCUT2D eigenvalue weighted by molar-refractivity contribution is 5.91. The first-order chi connectivity index (χ1) is 7.47. The van der Waals surface area contributed by atoms with E-state index in [1.165, 1.54) is 0 Å². The Bertz CT molecular complexity index is 276. The molecule has 4 heteroatoms. The Balaban J connectivity index is 2.73. The average Bonchev–Trinajstić information content (AvgIpc) is 2.55. The van der Waals surface area contributed by atoms with E-state index in [-0.39, 0.29) is 23.8 Å². The summed E-state index contributed by atoms with van der Waals surface area (Å²) in [4.78, 5) is 25.3. The number of carbonyl (C=O) groups excluding carboxylic acids is 2. The van der Waals surface area contributed by atoms with Gasteiger partial charge in [-0.25, -0.2) is 0 Å². The van der Waals surface area contributed by atoms with Crippen LogP contribution in [-0.2, 0) is 9.59 Å². The average molecular weight is 226 g/mol. The first kappa shape index (κ1) is 13.2. The molecule has 1 amide bonds. The number of likely N-dealkylation sites (tertiary alicyclic amines) is 1. The third kappa shape index (κ3) is 2.82. The lowest BCUT2D eigenvalue weighted by molar-refractivity contribution is -0.137. The molecular weight excluding hydrogens is 204 g/mol. The van der Waals surface area contributed by atoms with Crippen LogP contribution in [0.1, 0.15) is 33.6 Å². The summed E-state index contributed by atoms with van der Waals surface area (Å²) in [5.41, 5.74) is 0. The van der Waals surface area contributed by atoms with Crippen molar-refractivity contribution in [3.8, 4) is 0 Å². The molecule has 0 bridgehead atoms. The SMILES string of the molecule is CN[C@@H]1CCN([C@@H](CC(C)C)C(C)=O)C1=O. The number of nitrogens with one attached hydrogen (secondary N) is 1. The molecule has 1 aliphatic rings. The van der Waals surface area contributed by atoms with E-state index in [1.54, 1.807) is 18.9 Å². The summed E-state index contributed by atoms with van der Waals surface area (Å²) in [5.74, 6) is 0.595. The number of carbonyl (C=O) groups is 2. The number of hydrogen-bond donors (Lipinski definition) is 1. The molecule has 16 heavy (non-hydrogen) atoms. The van der Waals surface area contributed by atoms with Crippen molar-refractivity contribution >= 4 is 11.7 Å². The molecule has 0 aromatic carbocycles. The summed E-state index contributed by atoms with van der Waals surface area (Å²) in [6, 6.07) is -0.333. The van der Waals surface area contributed by atoms with Gasteiger partial charge in [0.1, 0.15) is 0 Å². The number of Topliss-reactive ketones (excluding diaryl/α,β-unsaturated/α-hetero) is 1. The fourth-order valence-electron chi connectivity index (χ4n) is 2.24. The maximum absolute atomic E-state index is 12.0. The topological polar surface area (TPSA) is 49.4 Å². The van der Waals surface area contributed by atoms with Gasteiger partial charge in [-0.2, -0.15) is 0 Å².